The summed E-state index contributed by atoms with van der Waals surface area (Å²) in [4.78, 5) is 39.4. The van der Waals surface area contributed by atoms with Crippen LogP contribution in [0.4, 0.5) is 4.79 Å². The lowest BCUT2D eigenvalue weighted by molar-refractivity contribution is -0.142. The quantitative estimate of drug-likeness (QED) is 0.797. The largest absolute Gasteiger partial charge is 0.444 e. The minimum absolute atomic E-state index is 0.0124. The van der Waals surface area contributed by atoms with E-state index in [1.807, 2.05) is 34.6 Å². The first-order valence-electron chi connectivity index (χ1n) is 9.32. The molecule has 1 fully saturated rings. The summed E-state index contributed by atoms with van der Waals surface area (Å²) in [5, 5.41) is 5.58. The second-order valence-electron chi connectivity index (χ2n) is 9.30. The molecule has 7 heteroatoms. The lowest BCUT2D eigenvalue weighted by Crippen LogP contribution is -2.58. The van der Waals surface area contributed by atoms with Crippen LogP contribution in [0.15, 0.2) is 0 Å². The van der Waals surface area contributed by atoms with E-state index < -0.39 is 29.2 Å². The number of rotatable bonds is 4. The Morgan fingerprint density at radius 1 is 1.04 bits per heavy atom. The van der Waals surface area contributed by atoms with Crippen LogP contribution in [0.1, 0.15) is 68.2 Å². The monoisotopic (exact) mass is 369 g/mol. The first-order valence-corrected chi connectivity index (χ1v) is 9.32. The summed E-state index contributed by atoms with van der Waals surface area (Å²) < 4.78 is 5.30. The molecule has 1 rings (SSSR count). The van der Waals surface area contributed by atoms with Gasteiger partial charge in [0.05, 0.1) is 0 Å². The number of amides is 3. The second kappa shape index (κ2) is 8.27. The summed E-state index contributed by atoms with van der Waals surface area (Å²) >= 11 is 0. The van der Waals surface area contributed by atoms with E-state index in [0.717, 1.165) is 6.42 Å². The summed E-state index contributed by atoms with van der Waals surface area (Å²) in [5.41, 5.74) is -1.17. The van der Waals surface area contributed by atoms with Crippen LogP contribution in [-0.4, -0.2) is 53.1 Å². The van der Waals surface area contributed by atoms with Crippen molar-refractivity contribution in [1.29, 1.82) is 0 Å². The van der Waals surface area contributed by atoms with Gasteiger partial charge in [0.25, 0.3) is 0 Å². The van der Waals surface area contributed by atoms with Gasteiger partial charge in [-0.05, 0) is 52.9 Å². The van der Waals surface area contributed by atoms with Gasteiger partial charge in [-0.15, -0.1) is 0 Å². The smallest absolute Gasteiger partial charge is 0.408 e. The van der Waals surface area contributed by atoms with Gasteiger partial charge in [-0.25, -0.2) is 4.79 Å². The third kappa shape index (κ3) is 6.50. The van der Waals surface area contributed by atoms with E-state index in [-0.39, 0.29) is 17.9 Å². The molecule has 1 saturated heterocycles. The zero-order chi connectivity index (χ0) is 20.3. The van der Waals surface area contributed by atoms with E-state index in [4.69, 9.17) is 4.74 Å². The first kappa shape index (κ1) is 22.3. The average molecular weight is 370 g/mol. The fourth-order valence-corrected chi connectivity index (χ4v) is 2.92. The Morgan fingerprint density at radius 3 is 2.08 bits per heavy atom. The van der Waals surface area contributed by atoms with Crippen molar-refractivity contribution >= 4 is 17.9 Å². The number of nitrogens with zero attached hydrogens (tertiary/aromatic N) is 1. The summed E-state index contributed by atoms with van der Waals surface area (Å²) in [6.45, 7) is 15.2. The van der Waals surface area contributed by atoms with Gasteiger partial charge in [0.2, 0.25) is 11.8 Å². The van der Waals surface area contributed by atoms with Gasteiger partial charge in [-0.2, -0.15) is 0 Å². The molecule has 0 aromatic rings. The van der Waals surface area contributed by atoms with Gasteiger partial charge in [0, 0.05) is 12.6 Å². The maximum absolute atomic E-state index is 13.2. The Balaban J connectivity index is 2.95. The molecule has 0 aliphatic carbocycles. The normalized spacial score (nSPS) is 19.3. The molecule has 1 aliphatic heterocycles. The fourth-order valence-electron chi connectivity index (χ4n) is 2.92. The summed E-state index contributed by atoms with van der Waals surface area (Å²) in [6, 6.07) is -1.25. The SMILES string of the molecule is CC(C)NC(=O)C1CCCN1C(=O)C(NC(=O)OC(C)(C)C)C(C)(C)C. The topological polar surface area (TPSA) is 87.7 Å². The Morgan fingerprint density at radius 2 is 1.62 bits per heavy atom. The van der Waals surface area contributed by atoms with E-state index in [1.54, 1.807) is 25.7 Å². The van der Waals surface area contributed by atoms with Crippen LogP contribution >= 0.6 is 0 Å². The number of ether oxygens (including phenoxy) is 1. The molecule has 0 saturated carbocycles. The van der Waals surface area contributed by atoms with E-state index in [0.29, 0.717) is 13.0 Å². The maximum Gasteiger partial charge on any atom is 0.408 e. The number of carbonyl (C=O) groups excluding carboxylic acids is 3. The van der Waals surface area contributed by atoms with Gasteiger partial charge in [0.15, 0.2) is 0 Å². The first-order chi connectivity index (χ1) is 11.7. The number of carbonyl (C=O) groups is 3. The van der Waals surface area contributed by atoms with Crippen molar-refractivity contribution < 1.29 is 19.1 Å². The van der Waals surface area contributed by atoms with Crippen molar-refractivity contribution in [2.75, 3.05) is 6.54 Å². The van der Waals surface area contributed by atoms with Crippen LogP contribution in [0.2, 0.25) is 0 Å². The zero-order valence-corrected chi connectivity index (χ0v) is 17.4. The Hall–Kier alpha value is -1.79. The lowest BCUT2D eigenvalue weighted by atomic mass is 9.85. The Labute approximate surface area is 157 Å². The maximum atomic E-state index is 13.2. The molecule has 7 nitrogen and oxygen atoms in total. The number of nitrogens with one attached hydrogen (secondary N) is 2. The van der Waals surface area contributed by atoms with Gasteiger partial charge < -0.3 is 20.3 Å². The van der Waals surface area contributed by atoms with Crippen LogP contribution in [0.25, 0.3) is 0 Å². The number of hydrogen-bond donors (Lipinski definition) is 2. The Kier molecular flexibility index (Phi) is 7.08. The van der Waals surface area contributed by atoms with E-state index >= 15 is 0 Å². The highest BCUT2D eigenvalue weighted by molar-refractivity contribution is 5.92. The van der Waals surface area contributed by atoms with Crippen LogP contribution in [0.5, 0.6) is 0 Å². The standard InChI is InChI=1S/C19H35N3O4/c1-12(2)20-15(23)13-10-9-11-22(13)16(24)14(18(3,4)5)21-17(25)26-19(6,7)8/h12-14H,9-11H2,1-8H3,(H,20,23)(H,21,25). The second-order valence-corrected chi connectivity index (χ2v) is 9.30. The van der Waals surface area contributed by atoms with E-state index in [9.17, 15) is 14.4 Å². The molecule has 2 N–H and O–H groups in total. The minimum atomic E-state index is -0.773. The molecular formula is C19H35N3O4. The van der Waals surface area contributed by atoms with Crippen molar-refractivity contribution in [2.24, 2.45) is 5.41 Å². The molecule has 0 spiro atoms. The molecule has 150 valence electrons. The average Bonchev–Trinajstić information content (AvgIpc) is 2.89. The predicted molar refractivity (Wildman–Crippen MR) is 101 cm³/mol. The third-order valence-electron chi connectivity index (χ3n) is 4.04. The van der Waals surface area contributed by atoms with Crippen molar-refractivity contribution in [3.8, 4) is 0 Å². The molecule has 0 bridgehead atoms. The molecular weight excluding hydrogens is 334 g/mol. The van der Waals surface area contributed by atoms with Crippen molar-refractivity contribution in [3.05, 3.63) is 0 Å². The van der Waals surface area contributed by atoms with Crippen molar-refractivity contribution in [3.63, 3.8) is 0 Å². The summed E-state index contributed by atoms with van der Waals surface area (Å²) in [7, 11) is 0. The highest BCUT2D eigenvalue weighted by atomic mass is 16.6. The van der Waals surface area contributed by atoms with Gasteiger partial charge >= 0.3 is 6.09 Å². The van der Waals surface area contributed by atoms with Crippen LogP contribution in [0.3, 0.4) is 0 Å². The van der Waals surface area contributed by atoms with Crippen LogP contribution in [-0.2, 0) is 14.3 Å². The highest BCUT2D eigenvalue weighted by Gasteiger charge is 2.42. The molecule has 2 atom stereocenters. The third-order valence-corrected chi connectivity index (χ3v) is 4.04. The number of alkyl carbamates (subject to hydrolysis) is 1. The van der Waals surface area contributed by atoms with Gasteiger partial charge in [-0.3, -0.25) is 9.59 Å². The van der Waals surface area contributed by atoms with Crippen molar-refractivity contribution in [2.45, 2.75) is 92.0 Å². The molecule has 2 unspecified atom stereocenters. The molecule has 0 aromatic heterocycles. The molecule has 0 radical (unpaired) electrons. The molecule has 1 heterocycles. The zero-order valence-electron chi connectivity index (χ0n) is 17.4. The van der Waals surface area contributed by atoms with Crippen LogP contribution in [0, 0.1) is 5.41 Å². The van der Waals surface area contributed by atoms with Gasteiger partial charge in [0.1, 0.15) is 17.7 Å². The highest BCUT2D eigenvalue weighted by Crippen LogP contribution is 2.26. The minimum Gasteiger partial charge on any atom is -0.444 e. The fraction of sp³-hybridized carbons (Fsp3) is 0.842. The molecule has 26 heavy (non-hydrogen) atoms. The van der Waals surface area contributed by atoms with Crippen LogP contribution < -0.4 is 10.6 Å². The number of likely N-dealkylation sites (tertiary alicyclic amines) is 1. The summed E-state index contributed by atoms with van der Waals surface area (Å²) in [5.74, 6) is -0.388. The predicted octanol–water partition coefficient (Wildman–Crippen LogP) is 2.44. The number of hydrogen-bond acceptors (Lipinski definition) is 4. The molecule has 1 aliphatic rings. The van der Waals surface area contributed by atoms with E-state index in [1.165, 1.54) is 0 Å². The molecule has 3 amide bonds. The molecule has 0 aromatic carbocycles. The van der Waals surface area contributed by atoms with Crippen molar-refractivity contribution in [1.82, 2.24) is 15.5 Å². The summed E-state index contributed by atoms with van der Waals surface area (Å²) in [6.07, 6.45) is 0.770. The van der Waals surface area contributed by atoms with Gasteiger partial charge in [-0.1, -0.05) is 20.8 Å². The lowest BCUT2D eigenvalue weighted by Gasteiger charge is -2.35. The Bertz CT molecular complexity index is 532. The van der Waals surface area contributed by atoms with E-state index in [2.05, 4.69) is 10.6 Å².